The molecule has 1 fully saturated rings. The van der Waals surface area contributed by atoms with Crippen molar-refractivity contribution in [2.45, 2.75) is 31.8 Å². The molecule has 1 aromatic heterocycles. The Bertz CT molecular complexity index is 555. The summed E-state index contributed by atoms with van der Waals surface area (Å²) >= 11 is 0. The number of H-pyrrole nitrogens is 1. The lowest BCUT2D eigenvalue weighted by Crippen LogP contribution is -2.34. The maximum atomic E-state index is 13.2. The molecule has 7 nitrogen and oxygen atoms in total. The Morgan fingerprint density at radius 3 is 3.00 bits per heavy atom. The van der Waals surface area contributed by atoms with E-state index in [1.165, 1.54) is 0 Å². The fourth-order valence-electron chi connectivity index (χ4n) is 2.10. The van der Waals surface area contributed by atoms with Gasteiger partial charge in [-0.1, -0.05) is 0 Å². The third-order valence-electron chi connectivity index (χ3n) is 2.98. The fourth-order valence-corrected chi connectivity index (χ4v) is 2.10. The van der Waals surface area contributed by atoms with Gasteiger partial charge in [0.05, 0.1) is 18.9 Å². The van der Waals surface area contributed by atoms with E-state index in [1.807, 2.05) is 4.98 Å². The average molecular weight is 274 g/mol. The molecule has 2 N–H and O–H groups in total. The molecule has 0 bridgehead atoms. The van der Waals surface area contributed by atoms with Crippen molar-refractivity contribution < 1.29 is 19.0 Å². The predicted molar refractivity (Wildman–Crippen MR) is 62.3 cm³/mol. The minimum absolute atomic E-state index is 0.262. The molecular weight excluding hydrogens is 259 g/mol. The maximum absolute atomic E-state index is 13.2. The number of aliphatic hydroxyl groups is 1. The summed E-state index contributed by atoms with van der Waals surface area (Å²) in [5.74, 6) is -1.07. The van der Waals surface area contributed by atoms with E-state index in [9.17, 15) is 19.1 Å². The van der Waals surface area contributed by atoms with E-state index >= 15 is 0 Å². The Morgan fingerprint density at radius 2 is 2.37 bits per heavy atom. The quantitative estimate of drug-likeness (QED) is 0.761. The lowest BCUT2D eigenvalue weighted by molar-refractivity contribution is -0.0605. The Hall–Kier alpha value is -1.51. The Morgan fingerprint density at radius 1 is 1.63 bits per heavy atom. The van der Waals surface area contributed by atoms with Crippen molar-refractivity contribution in [3.05, 3.63) is 32.9 Å². The van der Waals surface area contributed by atoms with Crippen LogP contribution >= 0.6 is 0 Å². The van der Waals surface area contributed by atoms with Crippen LogP contribution in [0.1, 0.15) is 19.6 Å². The third kappa shape index (κ3) is 2.75. The molecule has 0 spiro atoms. The number of aromatic nitrogens is 2. The van der Waals surface area contributed by atoms with Crippen molar-refractivity contribution in [2.75, 3.05) is 13.2 Å². The van der Waals surface area contributed by atoms with E-state index in [1.54, 1.807) is 6.92 Å². The molecule has 0 aromatic carbocycles. The largest absolute Gasteiger partial charge is 0.394 e. The van der Waals surface area contributed by atoms with Gasteiger partial charge in [0.15, 0.2) is 0 Å². The Labute approximate surface area is 107 Å². The molecule has 2 heterocycles. The molecule has 0 radical (unpaired) electrons. The van der Waals surface area contributed by atoms with E-state index in [4.69, 9.17) is 9.47 Å². The molecule has 106 valence electrons. The molecule has 0 amide bonds. The maximum Gasteiger partial charge on any atom is 0.330 e. The van der Waals surface area contributed by atoms with E-state index in [0.717, 1.165) is 10.8 Å². The number of rotatable bonds is 4. The summed E-state index contributed by atoms with van der Waals surface area (Å²) in [5, 5.41) is 9.17. The molecule has 0 aliphatic carbocycles. The number of aliphatic hydroxyl groups excluding tert-OH is 1. The molecule has 1 aliphatic heterocycles. The van der Waals surface area contributed by atoms with Crippen molar-refractivity contribution in [3.63, 3.8) is 0 Å². The van der Waals surface area contributed by atoms with Crippen LogP contribution in [0.2, 0.25) is 0 Å². The highest BCUT2D eigenvalue weighted by Crippen LogP contribution is 2.29. The zero-order valence-electron chi connectivity index (χ0n) is 10.3. The number of nitrogens with zero attached hydrogens (tertiary/aromatic N) is 1. The van der Waals surface area contributed by atoms with E-state index < -0.39 is 29.4 Å². The fraction of sp³-hybridized carbons (Fsp3) is 0.636. The monoisotopic (exact) mass is 274 g/mol. The van der Waals surface area contributed by atoms with Gasteiger partial charge in [0.1, 0.15) is 12.3 Å². The van der Waals surface area contributed by atoms with Gasteiger partial charge >= 0.3 is 5.69 Å². The van der Waals surface area contributed by atoms with Gasteiger partial charge in [-0.15, -0.1) is 0 Å². The van der Waals surface area contributed by atoms with Crippen molar-refractivity contribution >= 4 is 0 Å². The number of ether oxygens (including phenoxy) is 2. The van der Waals surface area contributed by atoms with Gasteiger partial charge in [-0.05, 0) is 6.92 Å². The normalized spacial score (nSPS) is 26.8. The van der Waals surface area contributed by atoms with Crippen LogP contribution in [0.5, 0.6) is 0 Å². The minimum atomic E-state index is -1.07. The van der Waals surface area contributed by atoms with Gasteiger partial charge in [0.2, 0.25) is 5.82 Å². The van der Waals surface area contributed by atoms with Crippen LogP contribution in [-0.2, 0) is 9.47 Å². The second-order valence-corrected chi connectivity index (χ2v) is 4.18. The van der Waals surface area contributed by atoms with E-state index in [2.05, 4.69) is 0 Å². The van der Waals surface area contributed by atoms with Gasteiger partial charge < -0.3 is 14.6 Å². The summed E-state index contributed by atoms with van der Waals surface area (Å²) < 4.78 is 25.0. The van der Waals surface area contributed by atoms with Crippen molar-refractivity contribution in [2.24, 2.45) is 0 Å². The smallest absolute Gasteiger partial charge is 0.330 e. The predicted octanol–water partition coefficient (Wildman–Crippen LogP) is -0.639. The molecule has 1 saturated heterocycles. The highest BCUT2D eigenvalue weighted by Gasteiger charge is 2.37. The van der Waals surface area contributed by atoms with Gasteiger partial charge in [0.25, 0.3) is 5.56 Å². The van der Waals surface area contributed by atoms with Crippen LogP contribution in [0.25, 0.3) is 0 Å². The lowest BCUT2D eigenvalue weighted by Gasteiger charge is -2.15. The van der Waals surface area contributed by atoms with Gasteiger partial charge in [-0.25, -0.2) is 4.79 Å². The van der Waals surface area contributed by atoms with Crippen molar-refractivity contribution in [3.8, 4) is 0 Å². The van der Waals surface area contributed by atoms with Gasteiger partial charge in [-0.2, -0.15) is 4.39 Å². The van der Waals surface area contributed by atoms with Crippen LogP contribution in [0.4, 0.5) is 4.39 Å². The zero-order chi connectivity index (χ0) is 14.0. The summed E-state index contributed by atoms with van der Waals surface area (Å²) in [4.78, 5) is 24.4. The molecule has 0 saturated carbocycles. The van der Waals surface area contributed by atoms with E-state index in [0.29, 0.717) is 13.0 Å². The summed E-state index contributed by atoms with van der Waals surface area (Å²) in [5.41, 5.74) is -1.83. The summed E-state index contributed by atoms with van der Waals surface area (Å²) in [7, 11) is 0. The van der Waals surface area contributed by atoms with Crippen LogP contribution in [0, 0.1) is 5.82 Å². The number of hydrogen-bond donors (Lipinski definition) is 2. The molecular formula is C11H15FN2O5. The van der Waals surface area contributed by atoms with Crippen molar-refractivity contribution in [1.82, 2.24) is 9.55 Å². The van der Waals surface area contributed by atoms with E-state index in [-0.39, 0.29) is 12.7 Å². The Kier molecular flexibility index (Phi) is 4.13. The highest BCUT2D eigenvalue weighted by molar-refractivity contribution is 4.91. The topological polar surface area (TPSA) is 93.6 Å². The average Bonchev–Trinajstić information content (AvgIpc) is 2.77. The van der Waals surface area contributed by atoms with Crippen molar-refractivity contribution in [1.29, 1.82) is 0 Å². The second kappa shape index (κ2) is 5.64. The number of nitrogens with one attached hydrogen (secondary N) is 1. The first-order valence-corrected chi connectivity index (χ1v) is 5.95. The molecule has 3 atom stereocenters. The zero-order valence-corrected chi connectivity index (χ0v) is 10.3. The summed E-state index contributed by atoms with van der Waals surface area (Å²) in [6.07, 6.45) is -0.625. The molecule has 1 aromatic rings. The second-order valence-electron chi connectivity index (χ2n) is 4.18. The minimum Gasteiger partial charge on any atom is -0.394 e. The first-order chi connectivity index (χ1) is 9.06. The molecule has 8 heteroatoms. The van der Waals surface area contributed by atoms with Gasteiger partial charge in [0, 0.05) is 13.0 Å². The first kappa shape index (κ1) is 13.9. The summed E-state index contributed by atoms with van der Waals surface area (Å²) in [6, 6.07) is 0. The van der Waals surface area contributed by atoms with Gasteiger partial charge in [-0.3, -0.25) is 14.3 Å². The van der Waals surface area contributed by atoms with Crippen LogP contribution in [0.15, 0.2) is 15.8 Å². The van der Waals surface area contributed by atoms with Crippen LogP contribution < -0.4 is 11.2 Å². The standard InChI is InChI=1S/C11H15FN2O5/c1-2-18-7-3-9(19-8(7)5-15)14-4-6(12)10(16)13-11(14)17/h4,7-9,15H,2-3,5H2,1H3,(H,13,16,17)/t7?,8-,9-/m0/s1. The molecule has 19 heavy (non-hydrogen) atoms. The Balaban J connectivity index is 2.27. The summed E-state index contributed by atoms with van der Waals surface area (Å²) in [6.45, 7) is 1.97. The van der Waals surface area contributed by atoms with Crippen LogP contribution in [0.3, 0.4) is 0 Å². The lowest BCUT2D eigenvalue weighted by atomic mass is 10.2. The highest BCUT2D eigenvalue weighted by atomic mass is 19.1. The molecule has 2 rings (SSSR count). The molecule has 1 unspecified atom stereocenters. The number of halogens is 1. The number of aromatic amines is 1. The number of hydrogen-bond acceptors (Lipinski definition) is 5. The molecule has 1 aliphatic rings. The third-order valence-corrected chi connectivity index (χ3v) is 2.98. The SMILES string of the molecule is CCOC1C[C@@H](n2cc(F)c(=O)[nH]c2=O)O[C@H]1CO. The first-order valence-electron chi connectivity index (χ1n) is 5.95. The van der Waals surface area contributed by atoms with Crippen LogP contribution in [-0.4, -0.2) is 40.1 Å².